The lowest BCUT2D eigenvalue weighted by atomic mass is 10.0. The fourth-order valence-electron chi connectivity index (χ4n) is 2.46. The van der Waals surface area contributed by atoms with Gasteiger partial charge in [0.15, 0.2) is 0 Å². The average Bonchev–Trinajstić information content (AvgIpc) is 2.75. The minimum Gasteiger partial charge on any atom is -0.389 e. The van der Waals surface area contributed by atoms with Crippen molar-refractivity contribution in [1.29, 1.82) is 0 Å². The van der Waals surface area contributed by atoms with Gasteiger partial charge in [0.05, 0.1) is 12.1 Å². The molecule has 0 amide bonds. The predicted molar refractivity (Wildman–Crippen MR) is 66.6 cm³/mol. The summed E-state index contributed by atoms with van der Waals surface area (Å²) in [5.41, 5.74) is 0.647. The molecule has 0 saturated heterocycles. The van der Waals surface area contributed by atoms with Gasteiger partial charge in [-0.2, -0.15) is 0 Å². The van der Waals surface area contributed by atoms with Crippen LogP contribution in [0.1, 0.15) is 36.4 Å². The number of thiazole rings is 1. The van der Waals surface area contributed by atoms with Crippen LogP contribution in [0, 0.1) is 6.92 Å². The van der Waals surface area contributed by atoms with E-state index >= 15 is 0 Å². The van der Waals surface area contributed by atoms with Crippen molar-refractivity contribution >= 4 is 11.3 Å². The highest BCUT2D eigenvalue weighted by Crippen LogP contribution is 2.30. The fraction of sp³-hybridized carbons (Fsp3) is 0.750. The highest BCUT2D eigenvalue weighted by molar-refractivity contribution is 7.09. The molecule has 1 fully saturated rings. The largest absolute Gasteiger partial charge is 0.389 e. The molecular formula is C12H20N2OS. The third-order valence-corrected chi connectivity index (χ3v) is 4.12. The smallest absolute Gasteiger partial charge is 0.107 e. The molecule has 1 saturated carbocycles. The third kappa shape index (κ3) is 3.03. The van der Waals surface area contributed by atoms with Gasteiger partial charge < -0.3 is 5.11 Å². The summed E-state index contributed by atoms with van der Waals surface area (Å²) < 4.78 is 0. The van der Waals surface area contributed by atoms with E-state index in [1.807, 2.05) is 6.92 Å². The van der Waals surface area contributed by atoms with Crippen molar-refractivity contribution in [2.75, 3.05) is 13.6 Å². The molecule has 1 aromatic heterocycles. The van der Waals surface area contributed by atoms with E-state index in [2.05, 4.69) is 22.3 Å². The van der Waals surface area contributed by atoms with Crippen LogP contribution >= 0.6 is 11.3 Å². The van der Waals surface area contributed by atoms with E-state index in [1.165, 1.54) is 12.8 Å². The second kappa shape index (κ2) is 4.82. The molecule has 2 rings (SSSR count). The standard InChI is InChI=1S/C12H20N2OS/c1-10-8-16-11(13-10)7-14(2)9-12(15)5-3-4-6-12/h8,15H,3-7,9H2,1-2H3. The Bertz CT molecular complexity index is 345. The lowest BCUT2D eigenvalue weighted by Crippen LogP contribution is -2.38. The van der Waals surface area contributed by atoms with Crippen molar-refractivity contribution in [3.05, 3.63) is 16.1 Å². The summed E-state index contributed by atoms with van der Waals surface area (Å²) >= 11 is 1.70. The molecule has 0 atom stereocenters. The molecule has 3 nitrogen and oxygen atoms in total. The minimum atomic E-state index is -0.443. The molecule has 1 aliphatic rings. The van der Waals surface area contributed by atoms with E-state index < -0.39 is 5.60 Å². The molecule has 90 valence electrons. The van der Waals surface area contributed by atoms with Crippen LogP contribution in [0.2, 0.25) is 0 Å². The number of aryl methyl sites for hydroxylation is 1. The Morgan fingerprint density at radius 2 is 2.19 bits per heavy atom. The van der Waals surface area contributed by atoms with Crippen LogP contribution in [0.3, 0.4) is 0 Å². The molecule has 0 aliphatic heterocycles. The third-order valence-electron chi connectivity index (χ3n) is 3.17. The normalized spacial score (nSPS) is 19.5. The van der Waals surface area contributed by atoms with Crippen molar-refractivity contribution in [3.8, 4) is 0 Å². The predicted octanol–water partition coefficient (Wildman–Crippen LogP) is 2.19. The van der Waals surface area contributed by atoms with Crippen molar-refractivity contribution in [1.82, 2.24) is 9.88 Å². The van der Waals surface area contributed by atoms with Gasteiger partial charge in [-0.25, -0.2) is 4.98 Å². The number of aromatic nitrogens is 1. The van der Waals surface area contributed by atoms with Gasteiger partial charge in [0.1, 0.15) is 5.01 Å². The monoisotopic (exact) mass is 240 g/mol. The summed E-state index contributed by atoms with van der Waals surface area (Å²) in [5, 5.41) is 13.5. The molecule has 1 aliphatic carbocycles. The summed E-state index contributed by atoms with van der Waals surface area (Å²) in [7, 11) is 2.06. The highest BCUT2D eigenvalue weighted by atomic mass is 32.1. The Balaban J connectivity index is 1.86. The molecule has 1 N–H and O–H groups in total. The van der Waals surface area contributed by atoms with Crippen LogP contribution in [-0.4, -0.2) is 34.2 Å². The van der Waals surface area contributed by atoms with Gasteiger partial charge >= 0.3 is 0 Å². The number of likely N-dealkylation sites (N-methyl/N-ethyl adjacent to an activating group) is 1. The summed E-state index contributed by atoms with van der Waals surface area (Å²) in [6, 6.07) is 0. The van der Waals surface area contributed by atoms with E-state index in [1.54, 1.807) is 11.3 Å². The van der Waals surface area contributed by atoms with Crippen LogP contribution in [0.25, 0.3) is 0 Å². The van der Waals surface area contributed by atoms with E-state index in [-0.39, 0.29) is 0 Å². The minimum absolute atomic E-state index is 0.443. The summed E-state index contributed by atoms with van der Waals surface area (Å²) in [5.74, 6) is 0. The number of hydrogen-bond acceptors (Lipinski definition) is 4. The van der Waals surface area contributed by atoms with Crippen LogP contribution in [-0.2, 0) is 6.54 Å². The van der Waals surface area contributed by atoms with Gasteiger partial charge in [0.25, 0.3) is 0 Å². The summed E-state index contributed by atoms with van der Waals surface area (Å²) in [6.45, 7) is 3.64. The second-order valence-corrected chi connectivity index (χ2v) is 5.93. The fourth-order valence-corrected chi connectivity index (χ4v) is 3.31. The topological polar surface area (TPSA) is 36.4 Å². The first-order valence-corrected chi connectivity index (χ1v) is 6.77. The Labute approximate surface area is 101 Å². The second-order valence-electron chi connectivity index (χ2n) is 4.99. The lowest BCUT2D eigenvalue weighted by molar-refractivity contribution is 0.0145. The Kier molecular flexibility index (Phi) is 3.62. The molecule has 0 radical (unpaired) electrons. The van der Waals surface area contributed by atoms with Crippen molar-refractivity contribution < 1.29 is 5.11 Å². The van der Waals surface area contributed by atoms with E-state index in [0.29, 0.717) is 0 Å². The maximum absolute atomic E-state index is 10.3. The number of hydrogen-bond donors (Lipinski definition) is 1. The van der Waals surface area contributed by atoms with E-state index in [0.717, 1.165) is 36.6 Å². The van der Waals surface area contributed by atoms with Crippen LogP contribution in [0.5, 0.6) is 0 Å². The zero-order valence-electron chi connectivity index (χ0n) is 10.1. The van der Waals surface area contributed by atoms with Crippen LogP contribution in [0.4, 0.5) is 0 Å². The van der Waals surface area contributed by atoms with Gasteiger partial charge in [-0.3, -0.25) is 4.90 Å². The molecule has 1 aromatic rings. The van der Waals surface area contributed by atoms with Gasteiger partial charge in [0, 0.05) is 17.6 Å². The number of aliphatic hydroxyl groups is 1. The average molecular weight is 240 g/mol. The Morgan fingerprint density at radius 1 is 1.50 bits per heavy atom. The lowest BCUT2D eigenvalue weighted by Gasteiger charge is -2.27. The molecule has 1 heterocycles. The van der Waals surface area contributed by atoms with Crippen LogP contribution in [0.15, 0.2) is 5.38 Å². The zero-order valence-corrected chi connectivity index (χ0v) is 10.9. The summed E-state index contributed by atoms with van der Waals surface area (Å²) in [4.78, 5) is 6.63. The van der Waals surface area contributed by atoms with E-state index in [9.17, 15) is 5.11 Å². The molecule has 0 bridgehead atoms. The first-order chi connectivity index (χ1) is 7.57. The number of nitrogens with zero attached hydrogens (tertiary/aromatic N) is 2. The quantitative estimate of drug-likeness (QED) is 0.876. The molecule has 16 heavy (non-hydrogen) atoms. The Hall–Kier alpha value is -0.450. The summed E-state index contributed by atoms with van der Waals surface area (Å²) in [6.07, 6.45) is 4.24. The SMILES string of the molecule is Cc1csc(CN(C)CC2(O)CCCC2)n1. The molecule has 0 unspecified atom stereocenters. The maximum Gasteiger partial charge on any atom is 0.107 e. The molecule has 0 spiro atoms. The van der Waals surface area contributed by atoms with E-state index in [4.69, 9.17) is 0 Å². The van der Waals surface area contributed by atoms with Gasteiger partial charge in [0.2, 0.25) is 0 Å². The molecule has 4 heteroatoms. The van der Waals surface area contributed by atoms with Crippen molar-refractivity contribution in [2.24, 2.45) is 0 Å². The van der Waals surface area contributed by atoms with Crippen molar-refractivity contribution in [3.63, 3.8) is 0 Å². The molecule has 0 aromatic carbocycles. The first kappa shape index (κ1) is 12.0. The van der Waals surface area contributed by atoms with Crippen molar-refractivity contribution in [2.45, 2.75) is 44.8 Å². The van der Waals surface area contributed by atoms with Crippen LogP contribution < -0.4 is 0 Å². The van der Waals surface area contributed by atoms with Gasteiger partial charge in [-0.05, 0) is 26.8 Å². The highest BCUT2D eigenvalue weighted by Gasteiger charge is 2.32. The molecular weight excluding hydrogens is 220 g/mol. The first-order valence-electron chi connectivity index (χ1n) is 5.89. The van der Waals surface area contributed by atoms with Gasteiger partial charge in [-0.15, -0.1) is 11.3 Å². The zero-order chi connectivity index (χ0) is 11.6. The maximum atomic E-state index is 10.3. The van der Waals surface area contributed by atoms with Gasteiger partial charge in [-0.1, -0.05) is 12.8 Å². The Morgan fingerprint density at radius 3 is 2.75 bits per heavy atom. The number of rotatable bonds is 4.